The van der Waals surface area contributed by atoms with Crippen molar-refractivity contribution in [2.24, 2.45) is 17.8 Å². The maximum Gasteiger partial charge on any atom is -0.0357 e. The van der Waals surface area contributed by atoms with Gasteiger partial charge >= 0.3 is 0 Å². The van der Waals surface area contributed by atoms with Crippen molar-refractivity contribution < 1.29 is 0 Å². The molecule has 2 aliphatic carbocycles. The molecule has 0 spiro atoms. The van der Waals surface area contributed by atoms with E-state index in [1.807, 2.05) is 0 Å². The summed E-state index contributed by atoms with van der Waals surface area (Å²) in [5.41, 5.74) is 0. The summed E-state index contributed by atoms with van der Waals surface area (Å²) in [5, 5.41) is 0. The van der Waals surface area contributed by atoms with Crippen LogP contribution in [-0.4, -0.2) is 0 Å². The minimum Gasteiger partial charge on any atom is -0.0654 e. The summed E-state index contributed by atoms with van der Waals surface area (Å²) in [6.07, 6.45) is 25.8. The summed E-state index contributed by atoms with van der Waals surface area (Å²) in [6.45, 7) is 2.31. The van der Waals surface area contributed by atoms with E-state index in [0.717, 1.165) is 17.8 Å². The second kappa shape index (κ2) is 10.7. The van der Waals surface area contributed by atoms with Gasteiger partial charge in [-0.15, -0.1) is 0 Å². The van der Waals surface area contributed by atoms with Crippen LogP contribution in [0.5, 0.6) is 0 Å². The van der Waals surface area contributed by atoms with E-state index in [-0.39, 0.29) is 0 Å². The first-order valence-corrected chi connectivity index (χ1v) is 10.4. The Bertz CT molecular complexity index is 242. The van der Waals surface area contributed by atoms with Gasteiger partial charge in [-0.05, 0) is 24.2 Å². The molecule has 0 aromatic heterocycles. The summed E-state index contributed by atoms with van der Waals surface area (Å²) in [4.78, 5) is 0. The van der Waals surface area contributed by atoms with Crippen LogP contribution in [0.4, 0.5) is 0 Å². The van der Waals surface area contributed by atoms with Gasteiger partial charge in [0.15, 0.2) is 0 Å². The van der Waals surface area contributed by atoms with Crippen LogP contribution < -0.4 is 0 Å². The molecule has 0 heterocycles. The number of hydrogen-bond donors (Lipinski definition) is 0. The van der Waals surface area contributed by atoms with Crippen molar-refractivity contribution in [1.82, 2.24) is 0 Å². The van der Waals surface area contributed by atoms with Crippen molar-refractivity contribution in [2.75, 3.05) is 0 Å². The van der Waals surface area contributed by atoms with Crippen LogP contribution in [0.2, 0.25) is 0 Å². The molecule has 0 saturated heterocycles. The highest BCUT2D eigenvalue weighted by atomic mass is 14.4. The van der Waals surface area contributed by atoms with Crippen LogP contribution in [0.1, 0.15) is 116 Å². The maximum absolute atomic E-state index is 2.31. The van der Waals surface area contributed by atoms with Crippen molar-refractivity contribution >= 4 is 0 Å². The minimum absolute atomic E-state index is 1.12. The summed E-state index contributed by atoms with van der Waals surface area (Å²) < 4.78 is 0. The standard InChI is InChI=1S/C21H40/c1-2-3-4-5-6-7-8-9-10-14-19-16-13-17-20-15-11-12-18-21(19)20/h19-21H,2-18H2,1H3. The quantitative estimate of drug-likeness (QED) is 0.365. The van der Waals surface area contributed by atoms with Gasteiger partial charge in [-0.25, -0.2) is 0 Å². The van der Waals surface area contributed by atoms with Gasteiger partial charge in [0.25, 0.3) is 0 Å². The molecular formula is C21H40. The molecule has 0 nitrogen and oxygen atoms in total. The highest BCUT2D eigenvalue weighted by molar-refractivity contribution is 4.85. The smallest absolute Gasteiger partial charge is 0.0357 e. The van der Waals surface area contributed by atoms with Gasteiger partial charge in [-0.1, -0.05) is 110 Å². The predicted molar refractivity (Wildman–Crippen MR) is 94.6 cm³/mol. The van der Waals surface area contributed by atoms with E-state index in [1.165, 1.54) is 70.6 Å². The Hall–Kier alpha value is 0. The van der Waals surface area contributed by atoms with E-state index in [4.69, 9.17) is 0 Å². The van der Waals surface area contributed by atoms with Crippen molar-refractivity contribution in [3.05, 3.63) is 0 Å². The molecule has 124 valence electrons. The number of rotatable bonds is 10. The normalized spacial score (nSPS) is 29.3. The van der Waals surface area contributed by atoms with Gasteiger partial charge in [-0.2, -0.15) is 0 Å². The fraction of sp³-hybridized carbons (Fsp3) is 1.00. The zero-order valence-electron chi connectivity index (χ0n) is 14.8. The molecular weight excluding hydrogens is 252 g/mol. The first-order valence-electron chi connectivity index (χ1n) is 10.4. The molecule has 0 heteroatoms. The Labute approximate surface area is 134 Å². The van der Waals surface area contributed by atoms with Crippen molar-refractivity contribution in [1.29, 1.82) is 0 Å². The Morgan fingerprint density at radius 3 is 2.00 bits per heavy atom. The monoisotopic (exact) mass is 292 g/mol. The predicted octanol–water partition coefficient (Wildman–Crippen LogP) is 7.51. The molecule has 3 unspecified atom stereocenters. The average Bonchev–Trinajstić information content (AvgIpc) is 2.53. The average molecular weight is 293 g/mol. The zero-order valence-corrected chi connectivity index (χ0v) is 14.8. The number of hydrogen-bond acceptors (Lipinski definition) is 0. The lowest BCUT2D eigenvalue weighted by Gasteiger charge is -2.41. The van der Waals surface area contributed by atoms with Crippen molar-refractivity contribution in [3.8, 4) is 0 Å². The lowest BCUT2D eigenvalue weighted by molar-refractivity contribution is 0.0961. The minimum atomic E-state index is 1.12. The lowest BCUT2D eigenvalue weighted by atomic mass is 9.64. The van der Waals surface area contributed by atoms with Gasteiger partial charge in [0.2, 0.25) is 0 Å². The van der Waals surface area contributed by atoms with Gasteiger partial charge in [0, 0.05) is 0 Å². The van der Waals surface area contributed by atoms with E-state index in [0.29, 0.717) is 0 Å². The second-order valence-electron chi connectivity index (χ2n) is 8.02. The third-order valence-electron chi connectivity index (χ3n) is 6.40. The van der Waals surface area contributed by atoms with Crippen LogP contribution in [0.3, 0.4) is 0 Å². The Kier molecular flexibility index (Phi) is 8.83. The lowest BCUT2D eigenvalue weighted by Crippen LogP contribution is -2.30. The first-order chi connectivity index (χ1) is 10.4. The highest BCUT2D eigenvalue weighted by Crippen LogP contribution is 2.45. The van der Waals surface area contributed by atoms with Gasteiger partial charge < -0.3 is 0 Å². The summed E-state index contributed by atoms with van der Waals surface area (Å²) in [6, 6.07) is 0. The van der Waals surface area contributed by atoms with Crippen LogP contribution >= 0.6 is 0 Å². The molecule has 21 heavy (non-hydrogen) atoms. The van der Waals surface area contributed by atoms with Gasteiger partial charge in [0.05, 0.1) is 0 Å². The number of unbranched alkanes of at least 4 members (excludes halogenated alkanes) is 8. The molecule has 0 bridgehead atoms. The van der Waals surface area contributed by atoms with E-state index in [2.05, 4.69) is 6.92 Å². The highest BCUT2D eigenvalue weighted by Gasteiger charge is 2.34. The third kappa shape index (κ3) is 6.33. The molecule has 2 saturated carbocycles. The fourth-order valence-electron chi connectivity index (χ4n) is 5.15. The molecule has 0 N–H and O–H groups in total. The second-order valence-corrected chi connectivity index (χ2v) is 8.02. The summed E-state index contributed by atoms with van der Waals surface area (Å²) in [7, 11) is 0. The van der Waals surface area contributed by atoms with Gasteiger partial charge in [-0.3, -0.25) is 0 Å². The molecule has 2 aliphatic rings. The topological polar surface area (TPSA) is 0 Å². The first kappa shape index (κ1) is 17.4. The van der Waals surface area contributed by atoms with Crippen molar-refractivity contribution in [2.45, 2.75) is 116 Å². The Morgan fingerprint density at radius 2 is 1.24 bits per heavy atom. The summed E-state index contributed by atoms with van der Waals surface area (Å²) in [5.74, 6) is 3.39. The third-order valence-corrected chi connectivity index (χ3v) is 6.40. The molecule has 3 atom stereocenters. The molecule has 2 fully saturated rings. The van der Waals surface area contributed by atoms with E-state index >= 15 is 0 Å². The Balaban J connectivity index is 1.48. The number of fused-ring (bicyclic) bond motifs is 1. The zero-order chi connectivity index (χ0) is 14.8. The van der Waals surface area contributed by atoms with Crippen LogP contribution in [0.25, 0.3) is 0 Å². The molecule has 0 amide bonds. The molecule has 0 aliphatic heterocycles. The largest absolute Gasteiger partial charge is 0.0654 e. The van der Waals surface area contributed by atoms with Crippen LogP contribution in [-0.2, 0) is 0 Å². The molecule has 0 aromatic carbocycles. The van der Waals surface area contributed by atoms with E-state index in [9.17, 15) is 0 Å². The van der Waals surface area contributed by atoms with Gasteiger partial charge in [0.1, 0.15) is 0 Å². The molecule has 0 aromatic rings. The fourth-order valence-corrected chi connectivity index (χ4v) is 5.15. The summed E-state index contributed by atoms with van der Waals surface area (Å²) >= 11 is 0. The SMILES string of the molecule is CCCCCCCCCCCC1CCCC2CCCCC12. The van der Waals surface area contributed by atoms with Crippen LogP contribution in [0, 0.1) is 17.8 Å². The maximum atomic E-state index is 2.31. The van der Waals surface area contributed by atoms with E-state index < -0.39 is 0 Å². The van der Waals surface area contributed by atoms with E-state index in [1.54, 1.807) is 38.5 Å². The Morgan fingerprint density at radius 1 is 0.619 bits per heavy atom. The molecule has 2 rings (SSSR count). The van der Waals surface area contributed by atoms with Crippen LogP contribution in [0.15, 0.2) is 0 Å². The molecule has 0 radical (unpaired) electrons. The van der Waals surface area contributed by atoms with Crippen molar-refractivity contribution in [3.63, 3.8) is 0 Å².